The Labute approximate surface area is 394 Å². The molecule has 5 heterocycles. The zero-order chi connectivity index (χ0) is 54.0. The van der Waals surface area contributed by atoms with Crippen molar-refractivity contribution in [3.8, 4) is 17.2 Å². The highest BCUT2D eigenvalue weighted by Crippen LogP contribution is 2.56. The number of rotatable bonds is 9. The summed E-state index contributed by atoms with van der Waals surface area (Å²) in [6.07, 6.45) is 1.66. The summed E-state index contributed by atoms with van der Waals surface area (Å²) in [6, 6.07) is 53.7. The summed E-state index contributed by atoms with van der Waals surface area (Å²) in [5, 5.41) is 10.2. The predicted molar refractivity (Wildman–Crippen MR) is 263 cm³/mol. The number of hydrogen-bond donors (Lipinski definition) is 0. The van der Waals surface area contributed by atoms with Crippen LogP contribution in [0.4, 0.5) is 0 Å². The predicted octanol–water partition coefficient (Wildman–Crippen LogP) is 7.28. The fourth-order valence-electron chi connectivity index (χ4n) is 10.3. The quantitative estimate of drug-likeness (QED) is 0.110. The van der Waals surface area contributed by atoms with E-state index in [-0.39, 0.29) is 22.6 Å². The van der Waals surface area contributed by atoms with Crippen LogP contribution in [0.3, 0.4) is 0 Å². The zero-order valence-corrected chi connectivity index (χ0v) is 37.3. The average Bonchev–Trinajstić information content (AvgIpc) is 4.41. The van der Waals surface area contributed by atoms with Gasteiger partial charge < -0.3 is 13.8 Å². The Morgan fingerprint density at radius 3 is 1.77 bits per heavy atom. The number of imidazole rings is 2. The Hall–Kier alpha value is -7.46. The molecule has 7 aromatic carbocycles. The first-order chi connectivity index (χ1) is 36.8. The van der Waals surface area contributed by atoms with E-state index in [2.05, 4.69) is 35.3 Å². The molecule has 65 heavy (non-hydrogen) atoms. The lowest BCUT2D eigenvalue weighted by Gasteiger charge is -2.54. The summed E-state index contributed by atoms with van der Waals surface area (Å²) in [7, 11) is -16.9. The Morgan fingerprint density at radius 1 is 0.538 bits per heavy atom. The standard InChI is InChI=1S/C52H43N7O3Si3/c1-63(2,50-53-34-55-61-50)52(64(3,4)51-54-35-56-62-51)40-25-11-16-31-46(40)60-48-41(52)26-18-32-47(48)65(37-20-7-5-8-21-37,38-22-9-6-10-23-38)39-24-17-19-36(33-39)58-44-29-14-15-30-45(44)59-43-28-13-12-27-42(43)57-49(58)59/h5-35H,1-4H3/i1D3,2D3,3D3,4D3. The van der Waals surface area contributed by atoms with Crippen molar-refractivity contribution in [1.29, 1.82) is 0 Å². The Balaban J connectivity index is 1.31. The molecule has 0 atom stereocenters. The van der Waals surface area contributed by atoms with Gasteiger partial charge in [-0.25, -0.2) is 15.0 Å². The van der Waals surface area contributed by atoms with Crippen LogP contribution in [-0.4, -0.2) is 58.5 Å². The smallest absolute Gasteiger partial charge is 0.220 e. The number of fused-ring (bicyclic) bond motifs is 7. The minimum atomic E-state index is -6.42. The number of benzene rings is 7. The van der Waals surface area contributed by atoms with E-state index >= 15 is 0 Å². The molecule has 0 N–H and O–H groups in total. The lowest BCUT2D eigenvalue weighted by atomic mass is 9.98. The monoisotopic (exact) mass is 909 g/mol. The van der Waals surface area contributed by atoms with Crippen LogP contribution in [-0.2, 0) is 4.66 Å². The molecule has 0 saturated carbocycles. The molecule has 4 aromatic heterocycles. The van der Waals surface area contributed by atoms with E-state index in [9.17, 15) is 16.4 Å². The average molecular weight is 910 g/mol. The molecule has 11 aromatic rings. The van der Waals surface area contributed by atoms with Crippen LogP contribution < -0.4 is 36.5 Å². The van der Waals surface area contributed by atoms with Crippen LogP contribution in [0.2, 0.25) is 25.9 Å². The highest BCUT2D eigenvalue weighted by molar-refractivity contribution is 7.20. The van der Waals surface area contributed by atoms with E-state index in [1.165, 1.54) is 24.3 Å². The minimum absolute atomic E-state index is 0.154. The van der Waals surface area contributed by atoms with Gasteiger partial charge in [-0.3, -0.25) is 8.97 Å². The van der Waals surface area contributed by atoms with Crippen LogP contribution in [0, 0.1) is 0 Å². The molecular formula is C52H43N7O3Si3. The van der Waals surface area contributed by atoms with Crippen molar-refractivity contribution in [2.45, 2.75) is 30.6 Å². The second kappa shape index (κ2) is 14.5. The molecule has 1 aliphatic rings. The highest BCUT2D eigenvalue weighted by Gasteiger charge is 2.68. The van der Waals surface area contributed by atoms with Gasteiger partial charge in [0.1, 0.15) is 11.5 Å². The lowest BCUT2D eigenvalue weighted by molar-refractivity contribution is 0.430. The summed E-state index contributed by atoms with van der Waals surface area (Å²) in [6.45, 7) is -15.2. The largest absolute Gasteiger partial charge is 0.457 e. The van der Waals surface area contributed by atoms with Crippen molar-refractivity contribution < 1.29 is 30.2 Å². The van der Waals surface area contributed by atoms with Crippen molar-refractivity contribution >= 4 is 83.8 Å². The second-order valence-electron chi connectivity index (χ2n) is 16.1. The summed E-state index contributed by atoms with van der Waals surface area (Å²) < 4.78 is 137. The van der Waals surface area contributed by atoms with Crippen LogP contribution in [0.5, 0.6) is 11.5 Å². The maximum Gasteiger partial charge on any atom is 0.220 e. The number of ether oxygens (including phenoxy) is 1. The minimum Gasteiger partial charge on any atom is -0.457 e. The number of nitrogens with zero attached hydrogens (tertiary/aromatic N) is 7. The van der Waals surface area contributed by atoms with Crippen molar-refractivity contribution in [1.82, 2.24) is 34.2 Å². The van der Waals surface area contributed by atoms with Crippen LogP contribution in [0.25, 0.3) is 33.5 Å². The Bertz CT molecular complexity index is 3880. The maximum absolute atomic E-state index is 9.80. The molecule has 0 fully saturated rings. The Kier molecular flexibility index (Phi) is 6.34. The topological polar surface area (TPSA) is 109 Å². The molecule has 0 unspecified atom stereocenters. The molecular weight excluding hydrogens is 855 g/mol. The first-order valence-corrected chi connectivity index (χ1v) is 26.8. The molecule has 0 saturated heterocycles. The molecule has 0 amide bonds. The fourth-order valence-corrected chi connectivity index (χ4v) is 22.0. The molecule has 1 aliphatic heterocycles. The van der Waals surface area contributed by atoms with E-state index in [1.807, 2.05) is 133 Å². The molecule has 10 nitrogen and oxygen atoms in total. The third-order valence-corrected chi connectivity index (χ3v) is 25.0. The van der Waals surface area contributed by atoms with E-state index < -0.39 is 65.8 Å². The number of hydrogen-bond acceptors (Lipinski definition) is 8. The van der Waals surface area contributed by atoms with Crippen LogP contribution in [0.1, 0.15) is 27.6 Å². The van der Waals surface area contributed by atoms with Crippen molar-refractivity contribution in [3.63, 3.8) is 0 Å². The van der Waals surface area contributed by atoms with Crippen molar-refractivity contribution in [3.05, 3.63) is 200 Å². The third kappa shape index (κ3) is 5.34. The van der Waals surface area contributed by atoms with Gasteiger partial charge in [-0.2, -0.15) is 0 Å². The second-order valence-corrected chi connectivity index (χ2v) is 25.7. The normalized spacial score (nSPS) is 17.3. The summed E-state index contributed by atoms with van der Waals surface area (Å²) in [5.41, 5.74) is 1.63. The summed E-state index contributed by atoms with van der Waals surface area (Å²) >= 11 is 0. The van der Waals surface area contributed by atoms with Gasteiger partial charge >= 0.3 is 0 Å². The van der Waals surface area contributed by atoms with Crippen LogP contribution in [0.15, 0.2) is 198 Å². The molecule has 0 bridgehead atoms. The molecule has 13 heteroatoms. The van der Waals surface area contributed by atoms with Gasteiger partial charge in [0.15, 0.2) is 47.9 Å². The van der Waals surface area contributed by atoms with E-state index in [0.717, 1.165) is 56.0 Å². The molecule has 0 aliphatic carbocycles. The van der Waals surface area contributed by atoms with E-state index in [1.54, 1.807) is 12.1 Å². The molecule has 316 valence electrons. The van der Waals surface area contributed by atoms with Gasteiger partial charge in [0.2, 0.25) is 5.78 Å². The SMILES string of the molecule is [2H]C([2H])([2H])[Si](c1ncno1)(C([2H])([2H])[2H])C1([Si](c2ncno2)(C([2H])([2H])[2H])C([2H])([2H])[2H])c2ccccc2Oc2c1cccc2[Si](c1ccccc1)(c1ccccc1)c1cccc(-n2c3ccccc3n3c4ccccc4nc23)c1. The first-order valence-electron chi connectivity index (χ1n) is 26.8. The van der Waals surface area contributed by atoms with E-state index in [4.69, 9.17) is 18.8 Å². The van der Waals surface area contributed by atoms with Gasteiger partial charge in [0.25, 0.3) is 0 Å². The van der Waals surface area contributed by atoms with Crippen LogP contribution >= 0.6 is 0 Å². The van der Waals surface area contributed by atoms with Gasteiger partial charge in [0, 0.05) is 37.9 Å². The molecule has 0 spiro atoms. The lowest BCUT2D eigenvalue weighted by Crippen LogP contribution is -2.77. The molecule has 0 radical (unpaired) electrons. The maximum atomic E-state index is 9.80. The van der Waals surface area contributed by atoms with Crippen molar-refractivity contribution in [2.75, 3.05) is 0 Å². The van der Waals surface area contributed by atoms with Gasteiger partial charge in [-0.15, -0.1) is 0 Å². The number of para-hydroxylation sites is 6. The number of aromatic nitrogens is 7. The summed E-state index contributed by atoms with van der Waals surface area (Å²) in [5.74, 6) is 0.290. The van der Waals surface area contributed by atoms with Gasteiger partial charge in [0.05, 0.1) is 22.1 Å². The van der Waals surface area contributed by atoms with Gasteiger partial charge in [-0.05, 0) is 63.2 Å². The Morgan fingerprint density at radius 2 is 1.11 bits per heavy atom. The first kappa shape index (κ1) is 28.4. The van der Waals surface area contributed by atoms with E-state index in [0.29, 0.717) is 11.0 Å². The molecule has 12 rings (SSSR count). The zero-order valence-electron chi connectivity index (χ0n) is 46.3. The highest BCUT2D eigenvalue weighted by atomic mass is 28.4. The van der Waals surface area contributed by atoms with Gasteiger partial charge in [-0.1, -0.05) is 170 Å². The van der Waals surface area contributed by atoms with Crippen molar-refractivity contribution in [2.24, 2.45) is 0 Å². The fraction of sp³-hybridized carbons (Fsp3) is 0.0962. The summed E-state index contributed by atoms with van der Waals surface area (Å²) in [4.78, 5) is 13.7. The third-order valence-electron chi connectivity index (χ3n) is 12.9.